The number of hydrogen-bond donors (Lipinski definition) is 1. The molecule has 0 aliphatic carbocycles. The third-order valence-corrected chi connectivity index (χ3v) is 3.02. The summed E-state index contributed by atoms with van der Waals surface area (Å²) in [7, 11) is 1.68. The molecule has 3 nitrogen and oxygen atoms in total. The highest BCUT2D eigenvalue weighted by Gasteiger charge is 2.27. The maximum Gasteiger partial charge on any atom is 0.390 e. The SMILES string of the molecule is CCNc1ncc(CN(C)CCC(F)(F)F)s1. The van der Waals surface area contributed by atoms with E-state index in [9.17, 15) is 13.2 Å². The highest BCUT2D eigenvalue weighted by Crippen LogP contribution is 2.22. The molecule has 0 fully saturated rings. The lowest BCUT2D eigenvalue weighted by molar-refractivity contribution is -0.137. The Bertz CT molecular complexity index is 338. The molecule has 0 aliphatic heterocycles. The molecule has 0 radical (unpaired) electrons. The minimum atomic E-state index is -4.09. The van der Waals surface area contributed by atoms with E-state index in [1.54, 1.807) is 18.1 Å². The second-order valence-corrected chi connectivity index (χ2v) is 4.88. The van der Waals surface area contributed by atoms with Crippen LogP contribution in [0, 0.1) is 0 Å². The molecule has 1 aromatic heterocycles. The molecule has 0 spiro atoms. The Morgan fingerprint density at radius 3 is 2.76 bits per heavy atom. The molecule has 1 heterocycles. The van der Waals surface area contributed by atoms with Crippen LogP contribution >= 0.6 is 11.3 Å². The lowest BCUT2D eigenvalue weighted by Gasteiger charge is -2.16. The van der Waals surface area contributed by atoms with Crippen molar-refractivity contribution in [2.24, 2.45) is 0 Å². The molecule has 1 aromatic rings. The van der Waals surface area contributed by atoms with Gasteiger partial charge in [-0.25, -0.2) is 4.98 Å². The molecule has 1 rings (SSSR count). The van der Waals surface area contributed by atoms with Crippen LogP contribution in [0.4, 0.5) is 18.3 Å². The summed E-state index contributed by atoms with van der Waals surface area (Å²) in [6.45, 7) is 3.27. The first-order valence-corrected chi connectivity index (χ1v) is 6.16. The van der Waals surface area contributed by atoms with Gasteiger partial charge in [-0.15, -0.1) is 11.3 Å². The molecule has 0 atom stereocenters. The normalized spacial score (nSPS) is 12.1. The third-order valence-electron chi connectivity index (χ3n) is 2.08. The fourth-order valence-corrected chi connectivity index (χ4v) is 2.24. The fourth-order valence-electron chi connectivity index (χ4n) is 1.28. The first-order valence-electron chi connectivity index (χ1n) is 5.34. The Morgan fingerprint density at radius 2 is 2.18 bits per heavy atom. The van der Waals surface area contributed by atoms with Gasteiger partial charge < -0.3 is 10.2 Å². The van der Waals surface area contributed by atoms with Gasteiger partial charge in [-0.2, -0.15) is 13.2 Å². The second-order valence-electron chi connectivity index (χ2n) is 3.77. The van der Waals surface area contributed by atoms with Crippen molar-refractivity contribution < 1.29 is 13.2 Å². The van der Waals surface area contributed by atoms with E-state index in [1.165, 1.54) is 11.3 Å². The molecular weight excluding hydrogens is 251 g/mol. The van der Waals surface area contributed by atoms with E-state index in [-0.39, 0.29) is 6.54 Å². The number of anilines is 1. The average molecular weight is 267 g/mol. The monoisotopic (exact) mass is 267 g/mol. The van der Waals surface area contributed by atoms with Gasteiger partial charge in [-0.05, 0) is 14.0 Å². The maximum absolute atomic E-state index is 12.0. The van der Waals surface area contributed by atoms with Crippen LogP contribution in [0.3, 0.4) is 0 Å². The third kappa shape index (κ3) is 5.88. The number of rotatable bonds is 6. The summed E-state index contributed by atoms with van der Waals surface area (Å²) >= 11 is 1.47. The minimum absolute atomic E-state index is 0.0118. The van der Waals surface area contributed by atoms with Crippen molar-refractivity contribution in [3.05, 3.63) is 11.1 Å². The molecular formula is C10H16F3N3S. The highest BCUT2D eigenvalue weighted by atomic mass is 32.1. The first kappa shape index (κ1) is 14.2. The van der Waals surface area contributed by atoms with Gasteiger partial charge in [0.05, 0.1) is 6.42 Å². The zero-order chi connectivity index (χ0) is 12.9. The van der Waals surface area contributed by atoms with Crippen LogP contribution in [0.1, 0.15) is 18.2 Å². The van der Waals surface area contributed by atoms with Gasteiger partial charge in [0.25, 0.3) is 0 Å². The van der Waals surface area contributed by atoms with E-state index in [2.05, 4.69) is 10.3 Å². The Morgan fingerprint density at radius 1 is 1.47 bits per heavy atom. The van der Waals surface area contributed by atoms with Crippen LogP contribution in [-0.2, 0) is 6.54 Å². The zero-order valence-corrected chi connectivity index (χ0v) is 10.7. The molecule has 17 heavy (non-hydrogen) atoms. The predicted molar refractivity (Wildman–Crippen MR) is 63.3 cm³/mol. The van der Waals surface area contributed by atoms with E-state index in [4.69, 9.17) is 0 Å². The van der Waals surface area contributed by atoms with E-state index in [1.807, 2.05) is 6.92 Å². The van der Waals surface area contributed by atoms with Crippen LogP contribution < -0.4 is 5.32 Å². The Balaban J connectivity index is 2.36. The van der Waals surface area contributed by atoms with Gasteiger partial charge in [0.1, 0.15) is 0 Å². The molecule has 0 aliphatic rings. The topological polar surface area (TPSA) is 28.2 Å². The van der Waals surface area contributed by atoms with Crippen molar-refractivity contribution in [1.82, 2.24) is 9.88 Å². The van der Waals surface area contributed by atoms with E-state index < -0.39 is 12.6 Å². The van der Waals surface area contributed by atoms with Crippen molar-refractivity contribution in [2.45, 2.75) is 26.1 Å². The summed E-state index contributed by atoms with van der Waals surface area (Å²) in [4.78, 5) is 6.74. The molecule has 0 aromatic carbocycles. The standard InChI is InChI=1S/C10H16F3N3S/c1-3-14-9-15-6-8(17-9)7-16(2)5-4-10(11,12)13/h6H,3-5,7H2,1-2H3,(H,14,15). The molecule has 0 saturated heterocycles. The van der Waals surface area contributed by atoms with Crippen molar-refractivity contribution in [2.75, 3.05) is 25.5 Å². The van der Waals surface area contributed by atoms with Crippen LogP contribution in [0.25, 0.3) is 0 Å². The van der Waals surface area contributed by atoms with Gasteiger partial charge in [0, 0.05) is 30.7 Å². The highest BCUT2D eigenvalue weighted by molar-refractivity contribution is 7.15. The summed E-state index contributed by atoms with van der Waals surface area (Å²) in [6, 6.07) is 0. The average Bonchev–Trinajstić information content (AvgIpc) is 2.62. The summed E-state index contributed by atoms with van der Waals surface area (Å²) in [5.74, 6) is 0. The Labute approximate surface area is 103 Å². The smallest absolute Gasteiger partial charge is 0.362 e. The van der Waals surface area contributed by atoms with Crippen molar-refractivity contribution in [1.29, 1.82) is 0 Å². The van der Waals surface area contributed by atoms with Gasteiger partial charge >= 0.3 is 6.18 Å². The number of alkyl halides is 3. The number of hydrogen-bond acceptors (Lipinski definition) is 4. The van der Waals surface area contributed by atoms with Gasteiger partial charge in [-0.1, -0.05) is 0 Å². The molecule has 0 amide bonds. The largest absolute Gasteiger partial charge is 0.390 e. The van der Waals surface area contributed by atoms with E-state index in [0.29, 0.717) is 6.54 Å². The van der Waals surface area contributed by atoms with Crippen LogP contribution in [0.2, 0.25) is 0 Å². The number of thiazole rings is 1. The zero-order valence-electron chi connectivity index (χ0n) is 9.84. The second kappa shape index (κ2) is 6.20. The first-order chi connectivity index (χ1) is 7.90. The van der Waals surface area contributed by atoms with Gasteiger partial charge in [-0.3, -0.25) is 0 Å². The maximum atomic E-state index is 12.0. The number of halogens is 3. The van der Waals surface area contributed by atoms with Crippen LogP contribution in [0.15, 0.2) is 6.20 Å². The quantitative estimate of drug-likeness (QED) is 0.859. The fraction of sp³-hybridized carbons (Fsp3) is 0.700. The number of nitrogens with one attached hydrogen (secondary N) is 1. The lowest BCUT2D eigenvalue weighted by atomic mass is 10.4. The van der Waals surface area contributed by atoms with Gasteiger partial charge in [0.2, 0.25) is 0 Å². The van der Waals surface area contributed by atoms with Gasteiger partial charge in [0.15, 0.2) is 5.13 Å². The van der Waals surface area contributed by atoms with Crippen LogP contribution in [-0.4, -0.2) is 36.2 Å². The summed E-state index contributed by atoms with van der Waals surface area (Å²) < 4.78 is 36.0. The Hall–Kier alpha value is -0.820. The summed E-state index contributed by atoms with van der Waals surface area (Å²) in [6.07, 6.45) is -3.16. The van der Waals surface area contributed by atoms with Crippen molar-refractivity contribution >= 4 is 16.5 Å². The molecule has 0 saturated carbocycles. The van der Waals surface area contributed by atoms with E-state index in [0.717, 1.165) is 16.6 Å². The molecule has 7 heteroatoms. The molecule has 0 unspecified atom stereocenters. The molecule has 1 N–H and O–H groups in total. The predicted octanol–water partition coefficient (Wildman–Crippen LogP) is 2.96. The molecule has 0 bridgehead atoms. The van der Waals surface area contributed by atoms with E-state index >= 15 is 0 Å². The lowest BCUT2D eigenvalue weighted by Crippen LogP contribution is -2.23. The number of nitrogens with zero attached hydrogens (tertiary/aromatic N) is 2. The summed E-state index contributed by atoms with van der Waals surface area (Å²) in [5.41, 5.74) is 0. The number of aromatic nitrogens is 1. The van der Waals surface area contributed by atoms with Crippen molar-refractivity contribution in [3.63, 3.8) is 0 Å². The minimum Gasteiger partial charge on any atom is -0.362 e. The summed E-state index contributed by atoms with van der Waals surface area (Å²) in [5, 5.41) is 3.88. The van der Waals surface area contributed by atoms with Crippen LogP contribution in [0.5, 0.6) is 0 Å². The Kier molecular flexibility index (Phi) is 5.20. The molecule has 98 valence electrons. The van der Waals surface area contributed by atoms with Crippen molar-refractivity contribution in [3.8, 4) is 0 Å².